The molecule has 0 radical (unpaired) electrons. The molecule has 17 heavy (non-hydrogen) atoms. The number of ether oxygens (including phenoxy) is 1. The first-order valence-corrected chi connectivity index (χ1v) is 6.15. The number of likely N-dealkylation sites (tertiary alicyclic amines) is 1. The topological polar surface area (TPSA) is 49.8 Å². The van der Waals surface area contributed by atoms with Gasteiger partial charge < -0.3 is 14.7 Å². The zero-order chi connectivity index (χ0) is 15.3. The fourth-order valence-corrected chi connectivity index (χ4v) is 2.72. The summed E-state index contributed by atoms with van der Waals surface area (Å²) in [5.41, 5.74) is -2.24. The number of nitrogens with zero attached hydrogens (tertiary/aromatic N) is 1. The zero-order valence-electron chi connectivity index (χ0n) is 13.7. The zero-order valence-corrected chi connectivity index (χ0v) is 10.7. The molecule has 1 N–H and O–H groups in total. The van der Waals surface area contributed by atoms with Crippen LogP contribution >= 0.6 is 0 Å². The second kappa shape index (κ2) is 3.87. The molecule has 2 fully saturated rings. The van der Waals surface area contributed by atoms with Crippen molar-refractivity contribution in [3.8, 4) is 0 Å². The summed E-state index contributed by atoms with van der Waals surface area (Å²) in [7, 11) is 0. The molecule has 2 rings (SSSR count). The fourth-order valence-electron chi connectivity index (χ4n) is 2.72. The highest BCUT2D eigenvalue weighted by atomic mass is 16.6. The minimum Gasteiger partial charge on any atom is -0.444 e. The number of hydrogen-bond acceptors (Lipinski definition) is 3. The van der Waals surface area contributed by atoms with Crippen molar-refractivity contribution < 1.29 is 18.8 Å². The van der Waals surface area contributed by atoms with Gasteiger partial charge in [0.15, 0.2) is 0 Å². The molecule has 2 unspecified atom stereocenters. The predicted molar refractivity (Wildman–Crippen MR) is 64.6 cm³/mol. The van der Waals surface area contributed by atoms with Crippen molar-refractivity contribution in [2.24, 2.45) is 11.8 Å². The van der Waals surface area contributed by atoms with E-state index in [4.69, 9.17) is 8.85 Å². The van der Waals surface area contributed by atoms with Crippen LogP contribution in [0.25, 0.3) is 0 Å². The van der Waals surface area contributed by atoms with Crippen LogP contribution in [0.5, 0.6) is 0 Å². The van der Waals surface area contributed by atoms with Gasteiger partial charge in [-0.25, -0.2) is 4.79 Å². The largest absolute Gasteiger partial charge is 0.444 e. The molecule has 1 heterocycles. The molecule has 2 aliphatic rings. The third kappa shape index (κ3) is 2.41. The van der Waals surface area contributed by atoms with Crippen LogP contribution in [0.4, 0.5) is 4.79 Å². The van der Waals surface area contributed by atoms with Crippen molar-refractivity contribution in [1.29, 1.82) is 0 Å². The Labute approximate surface area is 107 Å². The molecule has 98 valence electrons. The van der Waals surface area contributed by atoms with Gasteiger partial charge in [-0.05, 0) is 40.5 Å². The number of aliphatic hydroxyl groups is 1. The lowest BCUT2D eigenvalue weighted by Crippen LogP contribution is -2.54. The molecule has 1 amide bonds. The Kier molecular flexibility index (Phi) is 2.09. The van der Waals surface area contributed by atoms with Crippen LogP contribution in [0.2, 0.25) is 0 Å². The molecule has 0 aromatic carbocycles. The maximum absolute atomic E-state index is 12.1. The third-order valence-corrected chi connectivity index (χ3v) is 3.64. The van der Waals surface area contributed by atoms with Crippen LogP contribution in [-0.2, 0) is 4.74 Å². The summed E-state index contributed by atoms with van der Waals surface area (Å²) in [4.78, 5) is 13.6. The van der Waals surface area contributed by atoms with Crippen molar-refractivity contribution in [3.05, 3.63) is 0 Å². The summed E-state index contributed by atoms with van der Waals surface area (Å²) < 4.78 is 28.1. The summed E-state index contributed by atoms with van der Waals surface area (Å²) in [5.74, 6) is -0.803. The van der Waals surface area contributed by atoms with E-state index < -0.39 is 36.0 Å². The highest BCUT2D eigenvalue weighted by Crippen LogP contribution is 2.44. The van der Waals surface area contributed by atoms with E-state index in [-0.39, 0.29) is 13.1 Å². The lowest BCUT2D eigenvalue weighted by molar-refractivity contribution is -0.0715. The highest BCUT2D eigenvalue weighted by molar-refractivity contribution is 5.68. The molecule has 0 aromatic heterocycles. The third-order valence-electron chi connectivity index (χ3n) is 3.64. The lowest BCUT2D eigenvalue weighted by Gasteiger charge is -2.42. The van der Waals surface area contributed by atoms with E-state index in [2.05, 4.69) is 0 Å². The second-order valence-corrected chi connectivity index (χ2v) is 6.18. The van der Waals surface area contributed by atoms with Crippen molar-refractivity contribution in [1.82, 2.24) is 4.90 Å². The van der Waals surface area contributed by atoms with Crippen LogP contribution in [0.15, 0.2) is 0 Å². The van der Waals surface area contributed by atoms with E-state index in [9.17, 15) is 9.90 Å². The fraction of sp³-hybridized carbons (Fsp3) is 0.923. The second-order valence-electron chi connectivity index (χ2n) is 6.18. The SMILES string of the molecule is [2H]C([2H])([2H])C1(O)C2CCC1CN(C(=O)OC(C)(C)C)C2. The summed E-state index contributed by atoms with van der Waals surface area (Å²) in [6, 6.07) is 0. The molecule has 4 heteroatoms. The normalized spacial score (nSPS) is 40.5. The quantitative estimate of drug-likeness (QED) is 0.709. The van der Waals surface area contributed by atoms with E-state index in [0.717, 1.165) is 0 Å². The molecule has 4 nitrogen and oxygen atoms in total. The minimum atomic E-state index is -2.40. The Bertz CT molecular complexity index is 389. The molecule has 1 aliphatic heterocycles. The van der Waals surface area contributed by atoms with Gasteiger partial charge in [0.25, 0.3) is 0 Å². The van der Waals surface area contributed by atoms with Crippen LogP contribution in [0.3, 0.4) is 0 Å². The van der Waals surface area contributed by atoms with Gasteiger partial charge in [-0.15, -0.1) is 0 Å². The van der Waals surface area contributed by atoms with Gasteiger partial charge in [0.1, 0.15) is 5.60 Å². The monoisotopic (exact) mass is 244 g/mol. The highest BCUT2D eigenvalue weighted by Gasteiger charge is 2.51. The molecule has 1 aliphatic carbocycles. The molecule has 1 saturated heterocycles. The summed E-state index contributed by atoms with van der Waals surface area (Å²) in [5, 5.41) is 10.6. The number of carbonyl (C=O) groups excluding carboxylic acids is 1. The molecule has 1 saturated carbocycles. The molecule has 0 aromatic rings. The summed E-state index contributed by atoms with van der Waals surface area (Å²) in [6.45, 7) is 3.48. The average Bonchev–Trinajstić information content (AvgIpc) is 2.47. The van der Waals surface area contributed by atoms with Crippen LogP contribution in [0, 0.1) is 11.8 Å². The first kappa shape index (κ1) is 9.20. The lowest BCUT2D eigenvalue weighted by atomic mass is 9.82. The van der Waals surface area contributed by atoms with Gasteiger partial charge in [-0.3, -0.25) is 0 Å². The maximum Gasteiger partial charge on any atom is 0.410 e. The van der Waals surface area contributed by atoms with Gasteiger partial charge in [0.2, 0.25) is 0 Å². The van der Waals surface area contributed by atoms with Crippen LogP contribution in [-0.4, -0.2) is 40.4 Å². The minimum absolute atomic E-state index is 0.250. The number of rotatable bonds is 0. The molecule has 0 spiro atoms. The van der Waals surface area contributed by atoms with E-state index in [1.807, 2.05) is 0 Å². The maximum atomic E-state index is 12.1. The standard InChI is InChI=1S/C13H23NO3/c1-12(2,3)17-11(15)14-7-9-5-6-10(8-14)13(9,4)16/h9-10,16H,5-8H2,1-4H3/i4D3. The van der Waals surface area contributed by atoms with E-state index >= 15 is 0 Å². The first-order chi connectivity index (χ1) is 8.95. The van der Waals surface area contributed by atoms with Crippen molar-refractivity contribution in [3.63, 3.8) is 0 Å². The number of fused-ring (bicyclic) bond motifs is 2. The van der Waals surface area contributed by atoms with Gasteiger partial charge in [0, 0.05) is 29.0 Å². The van der Waals surface area contributed by atoms with Gasteiger partial charge in [0.05, 0.1) is 5.60 Å². The predicted octanol–water partition coefficient (Wildman–Crippen LogP) is 2.01. The molecule has 2 atom stereocenters. The summed E-state index contributed by atoms with van der Waals surface area (Å²) in [6.07, 6.45) is 0.847. The Morgan fingerprint density at radius 3 is 2.35 bits per heavy atom. The Morgan fingerprint density at radius 1 is 1.41 bits per heavy atom. The number of piperidine rings is 1. The number of hydrogen-bond donors (Lipinski definition) is 1. The van der Waals surface area contributed by atoms with E-state index in [1.54, 1.807) is 20.8 Å². The van der Waals surface area contributed by atoms with Gasteiger partial charge in [-0.2, -0.15) is 0 Å². The van der Waals surface area contributed by atoms with Gasteiger partial charge in [-0.1, -0.05) is 0 Å². The Morgan fingerprint density at radius 2 is 1.94 bits per heavy atom. The van der Waals surface area contributed by atoms with Crippen LogP contribution < -0.4 is 0 Å². The Balaban J connectivity index is 2.12. The first-order valence-electron chi connectivity index (χ1n) is 7.65. The molecular weight excluding hydrogens is 218 g/mol. The van der Waals surface area contributed by atoms with Crippen LogP contribution in [0.1, 0.15) is 44.6 Å². The van der Waals surface area contributed by atoms with Crippen molar-refractivity contribution in [2.75, 3.05) is 13.1 Å². The Hall–Kier alpha value is -0.770. The smallest absolute Gasteiger partial charge is 0.410 e. The number of carbonyl (C=O) groups is 1. The van der Waals surface area contributed by atoms with E-state index in [1.165, 1.54) is 4.90 Å². The summed E-state index contributed by atoms with van der Waals surface area (Å²) >= 11 is 0. The van der Waals surface area contributed by atoms with Gasteiger partial charge >= 0.3 is 6.09 Å². The number of amides is 1. The molecular formula is C13H23NO3. The van der Waals surface area contributed by atoms with Crippen molar-refractivity contribution in [2.45, 2.75) is 51.7 Å². The molecule has 2 bridgehead atoms. The van der Waals surface area contributed by atoms with E-state index in [0.29, 0.717) is 12.8 Å². The van der Waals surface area contributed by atoms with Crippen molar-refractivity contribution >= 4 is 6.09 Å². The average molecular weight is 244 g/mol.